The van der Waals surface area contributed by atoms with Gasteiger partial charge in [-0.2, -0.15) is 0 Å². The SMILES string of the molecule is O=C(O)C1CN(C(=O)c2cc([N+](=O)[O-])ncc2Br)C1. The van der Waals surface area contributed by atoms with Gasteiger partial charge in [-0.1, -0.05) is 0 Å². The number of hydrogen-bond donors (Lipinski definition) is 1. The second kappa shape index (κ2) is 4.92. The van der Waals surface area contributed by atoms with Crippen LogP contribution in [0.4, 0.5) is 5.82 Å². The number of pyridine rings is 1. The summed E-state index contributed by atoms with van der Waals surface area (Å²) in [6, 6.07) is 1.07. The Morgan fingerprint density at radius 2 is 2.16 bits per heavy atom. The van der Waals surface area contributed by atoms with Crippen LogP contribution in [0, 0.1) is 16.0 Å². The van der Waals surface area contributed by atoms with Gasteiger partial charge in [0.25, 0.3) is 5.91 Å². The van der Waals surface area contributed by atoms with Crippen LogP contribution in [0.1, 0.15) is 10.4 Å². The summed E-state index contributed by atoms with van der Waals surface area (Å²) in [4.78, 5) is 37.5. The van der Waals surface area contributed by atoms with Crippen LogP contribution in [0.2, 0.25) is 0 Å². The number of likely N-dealkylation sites (tertiary alicyclic amines) is 1. The molecule has 0 bridgehead atoms. The molecule has 8 nitrogen and oxygen atoms in total. The van der Waals surface area contributed by atoms with E-state index in [4.69, 9.17) is 5.11 Å². The van der Waals surface area contributed by atoms with Crippen LogP contribution < -0.4 is 0 Å². The summed E-state index contributed by atoms with van der Waals surface area (Å²) in [5.41, 5.74) is 0.102. The molecule has 1 aliphatic rings. The van der Waals surface area contributed by atoms with Crippen molar-refractivity contribution in [3.8, 4) is 0 Å². The van der Waals surface area contributed by atoms with E-state index in [0.29, 0.717) is 4.47 Å². The standard InChI is InChI=1S/C10H8BrN3O5/c11-7-2-12-8(14(18)19)1-6(7)9(15)13-3-5(4-13)10(16)17/h1-2,5H,3-4H2,(H,16,17). The zero-order valence-electron chi connectivity index (χ0n) is 9.45. The van der Waals surface area contributed by atoms with Gasteiger partial charge in [0.1, 0.15) is 0 Å². The second-order valence-corrected chi connectivity index (χ2v) is 4.88. The Bertz CT molecular complexity index is 570. The van der Waals surface area contributed by atoms with Gasteiger partial charge in [0, 0.05) is 19.2 Å². The van der Waals surface area contributed by atoms with E-state index >= 15 is 0 Å². The first kappa shape index (κ1) is 13.4. The van der Waals surface area contributed by atoms with E-state index in [9.17, 15) is 19.7 Å². The van der Waals surface area contributed by atoms with Crippen molar-refractivity contribution in [2.45, 2.75) is 0 Å². The fraction of sp³-hybridized carbons (Fsp3) is 0.300. The van der Waals surface area contributed by atoms with Crippen molar-refractivity contribution in [3.05, 3.63) is 32.4 Å². The quantitative estimate of drug-likeness (QED) is 0.651. The average molecular weight is 330 g/mol. The molecule has 2 heterocycles. The molecule has 0 aliphatic carbocycles. The van der Waals surface area contributed by atoms with Crippen LogP contribution in [0.25, 0.3) is 0 Å². The van der Waals surface area contributed by atoms with Crippen molar-refractivity contribution in [2.75, 3.05) is 13.1 Å². The Labute approximate surface area is 115 Å². The third-order valence-electron chi connectivity index (χ3n) is 2.78. The minimum absolute atomic E-state index is 0.102. The van der Waals surface area contributed by atoms with E-state index < -0.39 is 28.5 Å². The van der Waals surface area contributed by atoms with Gasteiger partial charge in [0.15, 0.2) is 6.20 Å². The van der Waals surface area contributed by atoms with Gasteiger partial charge in [0.2, 0.25) is 0 Å². The molecule has 1 aromatic rings. The predicted molar refractivity (Wildman–Crippen MR) is 65.6 cm³/mol. The topological polar surface area (TPSA) is 114 Å². The van der Waals surface area contributed by atoms with Crippen LogP contribution in [0.15, 0.2) is 16.7 Å². The zero-order valence-corrected chi connectivity index (χ0v) is 11.0. The normalized spacial score (nSPS) is 14.9. The lowest BCUT2D eigenvalue weighted by atomic mass is 9.99. The second-order valence-electron chi connectivity index (χ2n) is 4.02. The molecule has 100 valence electrons. The van der Waals surface area contributed by atoms with E-state index in [1.165, 1.54) is 11.1 Å². The minimum atomic E-state index is -0.955. The molecule has 1 aliphatic heterocycles. The Morgan fingerprint density at radius 1 is 1.53 bits per heavy atom. The number of aliphatic carboxylic acids is 1. The monoisotopic (exact) mass is 329 g/mol. The number of hydrogen-bond acceptors (Lipinski definition) is 5. The van der Waals surface area contributed by atoms with Gasteiger partial charge in [-0.05, 0) is 25.8 Å². The van der Waals surface area contributed by atoms with Crippen LogP contribution in [-0.2, 0) is 4.79 Å². The number of carboxylic acids is 1. The van der Waals surface area contributed by atoms with Gasteiger partial charge in [-0.25, -0.2) is 0 Å². The molecule has 0 saturated carbocycles. The van der Waals surface area contributed by atoms with E-state index in [-0.39, 0.29) is 18.7 Å². The molecule has 2 rings (SSSR count). The van der Waals surface area contributed by atoms with Crippen molar-refractivity contribution in [2.24, 2.45) is 5.92 Å². The lowest BCUT2D eigenvalue weighted by Gasteiger charge is -2.36. The first-order valence-corrected chi connectivity index (χ1v) is 6.01. The Hall–Kier alpha value is -2.03. The lowest BCUT2D eigenvalue weighted by Crippen LogP contribution is -2.53. The van der Waals surface area contributed by atoms with E-state index in [1.54, 1.807) is 0 Å². The van der Waals surface area contributed by atoms with E-state index in [1.807, 2.05) is 0 Å². The molecule has 0 radical (unpaired) electrons. The molecule has 1 fully saturated rings. The molecule has 1 N–H and O–H groups in total. The molecule has 0 unspecified atom stereocenters. The summed E-state index contributed by atoms with van der Waals surface area (Å²) < 4.78 is 0.335. The van der Waals surface area contributed by atoms with E-state index in [2.05, 4.69) is 20.9 Å². The zero-order chi connectivity index (χ0) is 14.2. The van der Waals surface area contributed by atoms with Gasteiger partial charge < -0.3 is 20.1 Å². The number of carboxylic acid groups (broad SMARTS) is 1. The maximum Gasteiger partial charge on any atom is 0.364 e. The molecule has 19 heavy (non-hydrogen) atoms. The van der Waals surface area contributed by atoms with Crippen molar-refractivity contribution in [3.63, 3.8) is 0 Å². The number of halogens is 1. The maximum atomic E-state index is 12.0. The highest BCUT2D eigenvalue weighted by atomic mass is 79.9. The molecule has 1 amide bonds. The fourth-order valence-corrected chi connectivity index (χ4v) is 2.05. The Kier molecular flexibility index (Phi) is 3.47. The summed E-state index contributed by atoms with van der Waals surface area (Å²) >= 11 is 3.10. The van der Waals surface area contributed by atoms with Crippen molar-refractivity contribution in [1.82, 2.24) is 9.88 Å². The number of aromatic nitrogens is 1. The highest BCUT2D eigenvalue weighted by Crippen LogP contribution is 2.25. The smallest absolute Gasteiger partial charge is 0.364 e. The number of nitro groups is 1. The summed E-state index contributed by atoms with van der Waals surface area (Å²) in [6.07, 6.45) is 1.18. The molecule has 0 spiro atoms. The highest BCUT2D eigenvalue weighted by molar-refractivity contribution is 9.10. The molecular weight excluding hydrogens is 322 g/mol. The number of nitrogens with zero attached hydrogens (tertiary/aromatic N) is 3. The molecule has 1 saturated heterocycles. The summed E-state index contributed by atoms with van der Waals surface area (Å²) in [7, 11) is 0. The summed E-state index contributed by atoms with van der Waals surface area (Å²) in [5, 5.41) is 19.3. The number of carbonyl (C=O) groups excluding carboxylic acids is 1. The fourth-order valence-electron chi connectivity index (χ4n) is 1.66. The third-order valence-corrected chi connectivity index (χ3v) is 3.41. The van der Waals surface area contributed by atoms with Gasteiger partial charge >= 0.3 is 11.8 Å². The van der Waals surface area contributed by atoms with Crippen LogP contribution in [-0.4, -0.2) is 44.9 Å². The lowest BCUT2D eigenvalue weighted by molar-refractivity contribution is -0.389. The summed E-state index contributed by atoms with van der Waals surface area (Å²) in [5.74, 6) is -2.40. The first-order valence-electron chi connectivity index (χ1n) is 5.22. The van der Waals surface area contributed by atoms with E-state index in [0.717, 1.165) is 6.07 Å². The molecule has 0 atom stereocenters. The molecule has 0 aromatic carbocycles. The van der Waals surface area contributed by atoms with Gasteiger partial charge in [-0.15, -0.1) is 0 Å². The average Bonchev–Trinajstić information content (AvgIpc) is 2.26. The minimum Gasteiger partial charge on any atom is -0.481 e. The van der Waals surface area contributed by atoms with Gasteiger partial charge in [0.05, 0.1) is 16.0 Å². The van der Waals surface area contributed by atoms with Crippen molar-refractivity contribution < 1.29 is 19.6 Å². The van der Waals surface area contributed by atoms with Crippen LogP contribution in [0.3, 0.4) is 0 Å². The maximum absolute atomic E-state index is 12.0. The molecular formula is C10H8BrN3O5. The van der Waals surface area contributed by atoms with Crippen LogP contribution in [0.5, 0.6) is 0 Å². The van der Waals surface area contributed by atoms with Crippen LogP contribution >= 0.6 is 15.9 Å². The number of carbonyl (C=O) groups is 2. The van der Waals surface area contributed by atoms with Gasteiger partial charge in [-0.3, -0.25) is 9.59 Å². The largest absolute Gasteiger partial charge is 0.481 e. The molecule has 9 heteroatoms. The predicted octanol–water partition coefficient (Wildman–Crippen LogP) is 0.909. The Morgan fingerprint density at radius 3 is 2.68 bits per heavy atom. The number of amides is 1. The third kappa shape index (κ3) is 2.55. The van der Waals surface area contributed by atoms with Crippen molar-refractivity contribution >= 4 is 33.6 Å². The highest BCUT2D eigenvalue weighted by Gasteiger charge is 2.37. The number of rotatable bonds is 3. The molecule has 1 aromatic heterocycles. The Balaban J connectivity index is 2.18. The van der Waals surface area contributed by atoms with Crippen molar-refractivity contribution in [1.29, 1.82) is 0 Å². The first-order chi connectivity index (χ1) is 8.90. The summed E-state index contributed by atoms with van der Waals surface area (Å²) in [6.45, 7) is 0.216.